The Bertz CT molecular complexity index is 1010. The first-order chi connectivity index (χ1) is 13.4. The first-order valence-electron chi connectivity index (χ1n) is 9.52. The highest BCUT2D eigenvalue weighted by molar-refractivity contribution is 7.93. The summed E-state index contributed by atoms with van der Waals surface area (Å²) in [7, 11) is -3.93. The molecule has 6 heteroatoms. The minimum atomic E-state index is -3.93. The molecule has 2 aromatic rings. The van der Waals surface area contributed by atoms with E-state index in [1.54, 1.807) is 48.5 Å². The zero-order valence-electron chi connectivity index (χ0n) is 16.1. The van der Waals surface area contributed by atoms with E-state index in [9.17, 15) is 13.2 Å². The summed E-state index contributed by atoms with van der Waals surface area (Å²) in [6, 6.07) is 11.4. The molecule has 148 valence electrons. The Hall–Kier alpha value is -2.11. The Morgan fingerprint density at radius 2 is 1.75 bits per heavy atom. The number of ketones is 1. The summed E-state index contributed by atoms with van der Waals surface area (Å²) < 4.78 is 28.0. The van der Waals surface area contributed by atoms with Crippen LogP contribution in [0.1, 0.15) is 54.9 Å². The summed E-state index contributed by atoms with van der Waals surface area (Å²) in [6.07, 6.45) is 6.62. The van der Waals surface area contributed by atoms with Crippen molar-refractivity contribution in [1.29, 1.82) is 0 Å². The Balaban J connectivity index is 2.05. The summed E-state index contributed by atoms with van der Waals surface area (Å²) in [5.41, 5.74) is 1.83. The fourth-order valence-corrected chi connectivity index (χ4v) is 4.97. The standard InChI is InChI=1S/C22H24ClNO3S/c1-3-4-5-6-7-8-20-22(25)19-14-11-17(23)15-21(19)24(20)28(26,27)18-12-9-16(2)10-13-18/h8-15H,3-7H2,1-2H3/b20-8-. The van der Waals surface area contributed by atoms with Crippen LogP contribution in [0.15, 0.2) is 59.1 Å². The van der Waals surface area contributed by atoms with Crippen LogP contribution in [-0.2, 0) is 10.0 Å². The van der Waals surface area contributed by atoms with Crippen LogP contribution in [0, 0.1) is 6.92 Å². The van der Waals surface area contributed by atoms with Crippen molar-refractivity contribution in [3.8, 4) is 0 Å². The van der Waals surface area contributed by atoms with E-state index in [2.05, 4.69) is 6.92 Å². The van der Waals surface area contributed by atoms with Crippen molar-refractivity contribution in [3.63, 3.8) is 0 Å². The average molecular weight is 418 g/mol. The van der Waals surface area contributed by atoms with Gasteiger partial charge in [-0.2, -0.15) is 0 Å². The second-order valence-corrected chi connectivity index (χ2v) is 9.23. The summed E-state index contributed by atoms with van der Waals surface area (Å²) in [5.74, 6) is -0.280. The van der Waals surface area contributed by atoms with Crippen LogP contribution in [-0.4, -0.2) is 14.2 Å². The van der Waals surface area contributed by atoms with Crippen molar-refractivity contribution in [3.05, 3.63) is 70.4 Å². The van der Waals surface area contributed by atoms with Crippen LogP contribution in [0.5, 0.6) is 0 Å². The Morgan fingerprint density at radius 1 is 1.04 bits per heavy atom. The molecule has 0 bridgehead atoms. The number of benzene rings is 2. The van der Waals surface area contributed by atoms with Gasteiger partial charge in [0.1, 0.15) is 5.70 Å². The van der Waals surface area contributed by atoms with Gasteiger partial charge in [0, 0.05) is 10.6 Å². The number of aryl methyl sites for hydroxylation is 1. The second kappa shape index (κ2) is 8.50. The molecule has 0 aliphatic carbocycles. The Morgan fingerprint density at radius 3 is 2.43 bits per heavy atom. The molecule has 0 saturated carbocycles. The van der Waals surface area contributed by atoms with Gasteiger partial charge in [-0.25, -0.2) is 12.7 Å². The fraction of sp³-hybridized carbons (Fsp3) is 0.318. The van der Waals surface area contributed by atoms with Gasteiger partial charge >= 0.3 is 0 Å². The van der Waals surface area contributed by atoms with Crippen LogP contribution in [0.3, 0.4) is 0 Å². The molecule has 0 atom stereocenters. The number of fused-ring (bicyclic) bond motifs is 1. The van der Waals surface area contributed by atoms with E-state index in [-0.39, 0.29) is 16.4 Å². The number of allylic oxidation sites excluding steroid dienone is 2. The quantitative estimate of drug-likeness (QED) is 0.416. The number of hydrogen-bond acceptors (Lipinski definition) is 3. The van der Waals surface area contributed by atoms with Gasteiger partial charge in [-0.1, -0.05) is 61.6 Å². The number of carbonyl (C=O) groups is 1. The van der Waals surface area contributed by atoms with Crippen molar-refractivity contribution in [2.24, 2.45) is 0 Å². The van der Waals surface area contributed by atoms with Gasteiger partial charge < -0.3 is 0 Å². The number of nitrogens with zero attached hydrogens (tertiary/aromatic N) is 1. The van der Waals surface area contributed by atoms with Crippen LogP contribution in [0.2, 0.25) is 5.02 Å². The van der Waals surface area contributed by atoms with Gasteiger partial charge in [0.15, 0.2) is 0 Å². The molecule has 1 aliphatic heterocycles. The summed E-state index contributed by atoms with van der Waals surface area (Å²) in [6.45, 7) is 4.03. The fourth-order valence-electron chi connectivity index (χ4n) is 3.28. The van der Waals surface area contributed by atoms with Crippen LogP contribution >= 0.6 is 11.6 Å². The Labute approximate surface area is 171 Å². The lowest BCUT2D eigenvalue weighted by atomic mass is 10.1. The molecule has 0 fully saturated rings. The number of carbonyl (C=O) groups excluding carboxylic acids is 1. The topological polar surface area (TPSA) is 54.5 Å². The predicted molar refractivity (Wildman–Crippen MR) is 113 cm³/mol. The minimum Gasteiger partial charge on any atom is -0.287 e. The maximum Gasteiger partial charge on any atom is 0.268 e. The maximum atomic E-state index is 13.4. The van der Waals surface area contributed by atoms with E-state index >= 15 is 0 Å². The molecule has 1 aliphatic rings. The number of halogens is 1. The van der Waals surface area contributed by atoms with Gasteiger partial charge in [0.25, 0.3) is 10.0 Å². The molecule has 0 aromatic heterocycles. The van der Waals surface area contributed by atoms with Gasteiger partial charge in [-0.3, -0.25) is 4.79 Å². The number of rotatable bonds is 7. The van der Waals surface area contributed by atoms with E-state index in [4.69, 9.17) is 11.6 Å². The monoisotopic (exact) mass is 417 g/mol. The third-order valence-corrected chi connectivity index (χ3v) is 6.81. The number of unbranched alkanes of at least 4 members (excludes halogenated alkanes) is 4. The van der Waals surface area contributed by atoms with Crippen molar-refractivity contribution >= 4 is 33.1 Å². The maximum absolute atomic E-state index is 13.4. The molecule has 0 amide bonds. The van der Waals surface area contributed by atoms with Crippen LogP contribution in [0.25, 0.3) is 0 Å². The van der Waals surface area contributed by atoms with E-state index in [1.807, 2.05) is 6.92 Å². The molecule has 0 N–H and O–H groups in total. The normalized spacial score (nSPS) is 15.3. The molecule has 4 nitrogen and oxygen atoms in total. The summed E-state index contributed by atoms with van der Waals surface area (Å²) >= 11 is 6.11. The van der Waals surface area contributed by atoms with Crippen molar-refractivity contribution < 1.29 is 13.2 Å². The molecule has 0 unspecified atom stereocenters. The molecule has 0 radical (unpaired) electrons. The summed E-state index contributed by atoms with van der Waals surface area (Å²) in [4.78, 5) is 13.1. The number of hydrogen-bond donors (Lipinski definition) is 0. The van der Waals surface area contributed by atoms with E-state index < -0.39 is 10.0 Å². The van der Waals surface area contributed by atoms with Crippen LogP contribution < -0.4 is 4.31 Å². The molecule has 3 rings (SSSR count). The molecular weight excluding hydrogens is 394 g/mol. The SMILES string of the molecule is CCCCCC/C=C1/C(=O)c2ccc(Cl)cc2N1S(=O)(=O)c1ccc(C)cc1. The highest BCUT2D eigenvalue weighted by atomic mass is 35.5. The zero-order valence-corrected chi connectivity index (χ0v) is 17.7. The smallest absolute Gasteiger partial charge is 0.268 e. The highest BCUT2D eigenvalue weighted by Gasteiger charge is 2.40. The largest absolute Gasteiger partial charge is 0.287 e. The number of anilines is 1. The third-order valence-electron chi connectivity index (χ3n) is 4.83. The number of sulfonamides is 1. The first-order valence-corrected chi connectivity index (χ1v) is 11.3. The average Bonchev–Trinajstić information content (AvgIpc) is 2.94. The lowest BCUT2D eigenvalue weighted by molar-refractivity contribution is 0.104. The third kappa shape index (κ3) is 4.01. The van der Waals surface area contributed by atoms with Gasteiger partial charge in [-0.15, -0.1) is 0 Å². The number of Topliss-reactive ketones (excluding diaryl/α,β-unsaturated/α-hetero) is 1. The molecule has 0 saturated heterocycles. The molecule has 1 heterocycles. The minimum absolute atomic E-state index is 0.149. The molecule has 2 aromatic carbocycles. The Kier molecular flexibility index (Phi) is 6.26. The van der Waals surface area contributed by atoms with Crippen LogP contribution in [0.4, 0.5) is 5.69 Å². The van der Waals surface area contributed by atoms with E-state index in [1.165, 1.54) is 0 Å². The van der Waals surface area contributed by atoms with E-state index in [0.717, 1.165) is 35.6 Å². The lowest BCUT2D eigenvalue weighted by Gasteiger charge is -2.21. The van der Waals surface area contributed by atoms with Gasteiger partial charge in [0.2, 0.25) is 5.78 Å². The van der Waals surface area contributed by atoms with Crippen molar-refractivity contribution in [2.75, 3.05) is 4.31 Å². The lowest BCUT2D eigenvalue weighted by Crippen LogP contribution is -2.29. The van der Waals surface area contributed by atoms with Gasteiger partial charge in [0.05, 0.1) is 10.6 Å². The first kappa shape index (κ1) is 20.6. The zero-order chi connectivity index (χ0) is 20.3. The molecular formula is C22H24ClNO3S. The van der Waals surface area contributed by atoms with Gasteiger partial charge in [-0.05, 0) is 50.1 Å². The van der Waals surface area contributed by atoms with Crippen molar-refractivity contribution in [2.45, 2.75) is 50.8 Å². The predicted octanol–water partition coefficient (Wildman–Crippen LogP) is 5.89. The summed E-state index contributed by atoms with van der Waals surface area (Å²) in [5, 5.41) is 0.389. The second-order valence-electron chi connectivity index (χ2n) is 7.01. The highest BCUT2D eigenvalue weighted by Crippen LogP contribution is 2.40. The molecule has 0 spiro atoms. The van der Waals surface area contributed by atoms with E-state index in [0.29, 0.717) is 22.7 Å². The van der Waals surface area contributed by atoms with Crippen molar-refractivity contribution in [1.82, 2.24) is 0 Å². The molecule has 28 heavy (non-hydrogen) atoms.